The first kappa shape index (κ1) is 17.8. The van der Waals surface area contributed by atoms with E-state index in [0.717, 1.165) is 0 Å². The van der Waals surface area contributed by atoms with E-state index >= 15 is 0 Å². The Kier molecular flexibility index (Phi) is 5.41. The van der Waals surface area contributed by atoms with E-state index in [0.29, 0.717) is 0 Å². The largest absolute Gasteiger partial charge is 0.492 e. The molecule has 0 radical (unpaired) electrons. The Labute approximate surface area is 130 Å². The van der Waals surface area contributed by atoms with E-state index in [2.05, 4.69) is 5.32 Å². The van der Waals surface area contributed by atoms with Gasteiger partial charge in [0.2, 0.25) is 0 Å². The van der Waals surface area contributed by atoms with Crippen molar-refractivity contribution in [1.29, 1.82) is 0 Å². The zero-order chi connectivity index (χ0) is 17.1. The Morgan fingerprint density at radius 2 is 1.55 bits per heavy atom. The van der Waals surface area contributed by atoms with Crippen LogP contribution in [-0.2, 0) is 0 Å². The summed E-state index contributed by atoms with van der Waals surface area (Å²) < 4.78 is 10.3. The molecule has 0 spiro atoms. The van der Waals surface area contributed by atoms with Gasteiger partial charge < -0.3 is 19.9 Å². The number of amides is 1. The van der Waals surface area contributed by atoms with E-state index < -0.39 is 5.97 Å². The van der Waals surface area contributed by atoms with E-state index in [1.165, 1.54) is 26.4 Å². The van der Waals surface area contributed by atoms with E-state index in [1.807, 2.05) is 27.7 Å². The number of hydrogen-bond donors (Lipinski definition) is 2. The van der Waals surface area contributed by atoms with Crippen molar-refractivity contribution < 1.29 is 24.2 Å². The number of carbonyl (C=O) groups excluding carboxylic acids is 1. The van der Waals surface area contributed by atoms with Crippen molar-refractivity contribution in [3.63, 3.8) is 0 Å². The van der Waals surface area contributed by atoms with Gasteiger partial charge in [0, 0.05) is 6.04 Å². The van der Waals surface area contributed by atoms with Gasteiger partial charge in [-0.15, -0.1) is 0 Å². The second-order valence-electron chi connectivity index (χ2n) is 6.09. The van der Waals surface area contributed by atoms with Gasteiger partial charge in [-0.2, -0.15) is 0 Å². The molecule has 0 aliphatic heterocycles. The van der Waals surface area contributed by atoms with E-state index in [-0.39, 0.29) is 40.0 Å². The van der Waals surface area contributed by atoms with E-state index in [1.54, 1.807) is 0 Å². The van der Waals surface area contributed by atoms with Crippen molar-refractivity contribution in [3.05, 3.63) is 23.3 Å². The molecule has 0 fully saturated rings. The first-order valence-electron chi connectivity index (χ1n) is 6.92. The third-order valence-corrected chi connectivity index (χ3v) is 3.64. The van der Waals surface area contributed by atoms with Gasteiger partial charge in [0.05, 0.1) is 19.8 Å². The molecule has 0 aromatic heterocycles. The normalized spacial score (nSPS) is 12.5. The van der Waals surface area contributed by atoms with Crippen LogP contribution in [-0.4, -0.2) is 37.2 Å². The molecule has 1 aromatic carbocycles. The fourth-order valence-corrected chi connectivity index (χ4v) is 1.81. The predicted molar refractivity (Wildman–Crippen MR) is 82.9 cm³/mol. The Hall–Kier alpha value is -2.24. The van der Waals surface area contributed by atoms with Crippen LogP contribution in [0.3, 0.4) is 0 Å². The fraction of sp³-hybridized carbons (Fsp3) is 0.500. The topological polar surface area (TPSA) is 84.9 Å². The standard InChI is InChI=1S/C16H23NO5/c1-9(16(2,3)4)17-14(18)10-7-8-11(15(19)20)13(22-6)12(10)21-5/h7-9H,1-6H3,(H,17,18)(H,19,20)/t9-/m1/s1. The van der Waals surface area contributed by atoms with Crippen molar-refractivity contribution in [2.24, 2.45) is 5.41 Å². The van der Waals surface area contributed by atoms with Gasteiger partial charge in [-0.25, -0.2) is 4.79 Å². The first-order chi connectivity index (χ1) is 10.1. The van der Waals surface area contributed by atoms with Crippen LogP contribution in [0.15, 0.2) is 12.1 Å². The average molecular weight is 309 g/mol. The van der Waals surface area contributed by atoms with Crippen LogP contribution < -0.4 is 14.8 Å². The number of carboxylic acids is 1. The molecule has 22 heavy (non-hydrogen) atoms. The summed E-state index contributed by atoms with van der Waals surface area (Å²) in [4.78, 5) is 23.6. The van der Waals surface area contributed by atoms with Gasteiger partial charge in [0.1, 0.15) is 5.56 Å². The zero-order valence-corrected chi connectivity index (χ0v) is 13.8. The Morgan fingerprint density at radius 1 is 1.09 bits per heavy atom. The number of hydrogen-bond acceptors (Lipinski definition) is 4. The van der Waals surface area contributed by atoms with Gasteiger partial charge in [0.15, 0.2) is 11.5 Å². The van der Waals surface area contributed by atoms with Crippen LogP contribution >= 0.6 is 0 Å². The lowest BCUT2D eigenvalue weighted by Crippen LogP contribution is -2.41. The summed E-state index contributed by atoms with van der Waals surface area (Å²) in [5, 5.41) is 12.1. The molecule has 0 aliphatic carbocycles. The van der Waals surface area contributed by atoms with Gasteiger partial charge in [0.25, 0.3) is 5.91 Å². The smallest absolute Gasteiger partial charge is 0.339 e. The average Bonchev–Trinajstić information content (AvgIpc) is 2.43. The summed E-state index contributed by atoms with van der Waals surface area (Å²) in [5.74, 6) is -1.34. The highest BCUT2D eigenvalue weighted by Gasteiger charge is 2.26. The van der Waals surface area contributed by atoms with Crippen LogP contribution in [0, 0.1) is 5.41 Å². The maximum absolute atomic E-state index is 12.4. The van der Waals surface area contributed by atoms with Gasteiger partial charge in [-0.1, -0.05) is 20.8 Å². The van der Waals surface area contributed by atoms with E-state index in [4.69, 9.17) is 14.6 Å². The molecule has 1 atom stereocenters. The molecule has 0 unspecified atom stereocenters. The van der Waals surface area contributed by atoms with Crippen molar-refractivity contribution in [2.75, 3.05) is 14.2 Å². The number of ether oxygens (including phenoxy) is 2. The number of rotatable bonds is 5. The monoisotopic (exact) mass is 309 g/mol. The number of carbonyl (C=O) groups is 2. The molecule has 1 rings (SSSR count). The minimum atomic E-state index is -1.15. The maximum atomic E-state index is 12.4. The summed E-state index contributed by atoms with van der Waals surface area (Å²) in [5.41, 5.74) is 0.0776. The summed E-state index contributed by atoms with van der Waals surface area (Å²) in [6.07, 6.45) is 0. The highest BCUT2D eigenvalue weighted by molar-refractivity contribution is 6.01. The predicted octanol–water partition coefficient (Wildman–Crippen LogP) is 2.57. The van der Waals surface area contributed by atoms with Crippen LogP contribution in [0.1, 0.15) is 48.4 Å². The zero-order valence-electron chi connectivity index (χ0n) is 13.8. The molecule has 1 aromatic rings. The van der Waals surface area contributed by atoms with Crippen molar-refractivity contribution in [2.45, 2.75) is 33.7 Å². The third kappa shape index (κ3) is 3.69. The second kappa shape index (κ2) is 6.68. The van der Waals surface area contributed by atoms with Crippen LogP contribution in [0.25, 0.3) is 0 Å². The Morgan fingerprint density at radius 3 is 1.95 bits per heavy atom. The quantitative estimate of drug-likeness (QED) is 0.873. The van der Waals surface area contributed by atoms with Crippen molar-refractivity contribution >= 4 is 11.9 Å². The minimum absolute atomic E-state index is 0.0334. The summed E-state index contributed by atoms with van der Waals surface area (Å²) in [6.45, 7) is 7.96. The highest BCUT2D eigenvalue weighted by atomic mass is 16.5. The molecule has 122 valence electrons. The molecule has 0 bridgehead atoms. The summed E-state index contributed by atoms with van der Waals surface area (Å²) in [7, 11) is 2.71. The van der Waals surface area contributed by atoms with Crippen molar-refractivity contribution in [3.8, 4) is 11.5 Å². The summed E-state index contributed by atoms with van der Waals surface area (Å²) in [6, 6.07) is 2.69. The number of methoxy groups -OCH3 is 2. The lowest BCUT2D eigenvalue weighted by Gasteiger charge is -2.28. The Balaban J connectivity index is 3.25. The lowest BCUT2D eigenvalue weighted by atomic mass is 9.88. The molecule has 2 N–H and O–H groups in total. The second-order valence-corrected chi connectivity index (χ2v) is 6.09. The fourth-order valence-electron chi connectivity index (χ4n) is 1.81. The van der Waals surface area contributed by atoms with Crippen LogP contribution in [0.4, 0.5) is 0 Å². The third-order valence-electron chi connectivity index (χ3n) is 3.64. The van der Waals surface area contributed by atoms with Crippen LogP contribution in [0.2, 0.25) is 0 Å². The molecule has 6 nitrogen and oxygen atoms in total. The van der Waals surface area contributed by atoms with Gasteiger partial charge in [-0.05, 0) is 24.5 Å². The van der Waals surface area contributed by atoms with Crippen LogP contribution in [0.5, 0.6) is 11.5 Å². The molecule has 0 aliphatic rings. The van der Waals surface area contributed by atoms with E-state index in [9.17, 15) is 9.59 Å². The Bertz CT molecular complexity index is 575. The van der Waals surface area contributed by atoms with Gasteiger partial charge in [-0.3, -0.25) is 4.79 Å². The number of aromatic carboxylic acids is 1. The molecule has 1 amide bonds. The van der Waals surface area contributed by atoms with Gasteiger partial charge >= 0.3 is 5.97 Å². The molecule has 6 heteroatoms. The number of nitrogens with one attached hydrogen (secondary N) is 1. The maximum Gasteiger partial charge on any atom is 0.339 e. The minimum Gasteiger partial charge on any atom is -0.492 e. The molecule has 0 saturated heterocycles. The number of carboxylic acid groups (broad SMARTS) is 1. The number of benzene rings is 1. The summed E-state index contributed by atoms with van der Waals surface area (Å²) >= 11 is 0. The molecule has 0 saturated carbocycles. The molecular weight excluding hydrogens is 286 g/mol. The van der Waals surface area contributed by atoms with Crippen molar-refractivity contribution in [1.82, 2.24) is 5.32 Å². The lowest BCUT2D eigenvalue weighted by molar-refractivity contribution is 0.0691. The molecular formula is C16H23NO5. The first-order valence-corrected chi connectivity index (χ1v) is 6.92. The highest BCUT2D eigenvalue weighted by Crippen LogP contribution is 2.35. The molecule has 0 heterocycles. The SMILES string of the molecule is COc1c(C(=O)O)ccc(C(=O)N[C@H](C)C(C)(C)C)c1OC.